The molecule has 0 spiro atoms. The van der Waals surface area contributed by atoms with Gasteiger partial charge in [0.15, 0.2) is 0 Å². The molecule has 15 heavy (non-hydrogen) atoms. The van der Waals surface area contributed by atoms with Gasteiger partial charge in [0.05, 0.1) is 0 Å². The van der Waals surface area contributed by atoms with Crippen molar-refractivity contribution in [1.29, 1.82) is 0 Å². The van der Waals surface area contributed by atoms with Crippen molar-refractivity contribution in [2.75, 3.05) is 19.8 Å². The van der Waals surface area contributed by atoms with Crippen molar-refractivity contribution in [3.63, 3.8) is 0 Å². The van der Waals surface area contributed by atoms with E-state index < -0.39 is 0 Å². The van der Waals surface area contributed by atoms with Gasteiger partial charge in [-0.1, -0.05) is 6.92 Å². The summed E-state index contributed by atoms with van der Waals surface area (Å²) in [6, 6.07) is 0. The van der Waals surface area contributed by atoms with E-state index in [2.05, 4.69) is 12.2 Å². The molecule has 2 fully saturated rings. The van der Waals surface area contributed by atoms with E-state index in [0.717, 1.165) is 38.5 Å². The lowest BCUT2D eigenvalue weighted by Crippen LogP contribution is -2.27. The fourth-order valence-corrected chi connectivity index (χ4v) is 1.74. The van der Waals surface area contributed by atoms with Gasteiger partial charge in [-0.3, -0.25) is 4.79 Å². The Hall–Kier alpha value is -0.570. The molecular formula is C12H21NO2. The Labute approximate surface area is 91.6 Å². The number of hydrogen-bond acceptors (Lipinski definition) is 2. The smallest absolute Gasteiger partial charge is 0.223 e. The zero-order chi connectivity index (χ0) is 10.7. The van der Waals surface area contributed by atoms with Crippen LogP contribution in [0.5, 0.6) is 0 Å². The molecule has 2 aliphatic carbocycles. The van der Waals surface area contributed by atoms with Crippen molar-refractivity contribution < 1.29 is 9.53 Å². The highest BCUT2D eigenvalue weighted by Gasteiger charge is 2.38. The summed E-state index contributed by atoms with van der Waals surface area (Å²) in [5.74, 6) is 1.99. The Morgan fingerprint density at radius 3 is 2.80 bits per heavy atom. The van der Waals surface area contributed by atoms with Crippen LogP contribution in [0.15, 0.2) is 0 Å². The summed E-state index contributed by atoms with van der Waals surface area (Å²) in [5, 5.41) is 2.96. The van der Waals surface area contributed by atoms with Gasteiger partial charge in [-0.2, -0.15) is 0 Å². The molecule has 0 aromatic rings. The van der Waals surface area contributed by atoms with Crippen molar-refractivity contribution in [3.8, 4) is 0 Å². The van der Waals surface area contributed by atoms with Crippen LogP contribution < -0.4 is 5.32 Å². The maximum atomic E-state index is 11.4. The monoisotopic (exact) mass is 211 g/mol. The standard InChI is InChI=1S/C12H21NO2/c1-9-7-11(9)12(14)13-5-2-6-15-8-10-3-4-10/h9-11H,2-8H2,1H3,(H,13,14)/t9-,11+/m1/s1. The van der Waals surface area contributed by atoms with E-state index in [1.54, 1.807) is 0 Å². The van der Waals surface area contributed by atoms with Gasteiger partial charge in [-0.25, -0.2) is 0 Å². The first-order valence-electron chi connectivity index (χ1n) is 6.13. The van der Waals surface area contributed by atoms with E-state index in [1.807, 2.05) is 0 Å². The number of carbonyl (C=O) groups excluding carboxylic acids is 1. The number of nitrogens with one attached hydrogen (secondary N) is 1. The molecule has 0 aliphatic heterocycles. The molecule has 0 aromatic heterocycles. The van der Waals surface area contributed by atoms with Crippen molar-refractivity contribution in [2.24, 2.45) is 17.8 Å². The second-order valence-corrected chi connectivity index (χ2v) is 4.98. The summed E-state index contributed by atoms with van der Waals surface area (Å²) >= 11 is 0. The normalized spacial score (nSPS) is 28.9. The summed E-state index contributed by atoms with van der Waals surface area (Å²) in [4.78, 5) is 11.4. The molecule has 0 heterocycles. The minimum absolute atomic E-state index is 0.240. The van der Waals surface area contributed by atoms with Crippen LogP contribution in [0.1, 0.15) is 32.6 Å². The molecule has 2 atom stereocenters. The van der Waals surface area contributed by atoms with E-state index >= 15 is 0 Å². The Balaban J connectivity index is 1.39. The van der Waals surface area contributed by atoms with E-state index in [-0.39, 0.29) is 5.91 Å². The molecule has 3 nitrogen and oxygen atoms in total. The minimum Gasteiger partial charge on any atom is -0.381 e. The summed E-state index contributed by atoms with van der Waals surface area (Å²) in [6.07, 6.45) is 4.70. The molecule has 0 saturated heterocycles. The third-order valence-electron chi connectivity index (χ3n) is 3.26. The zero-order valence-electron chi connectivity index (χ0n) is 9.50. The van der Waals surface area contributed by atoms with Crippen molar-refractivity contribution in [2.45, 2.75) is 32.6 Å². The molecule has 0 radical (unpaired) electrons. The van der Waals surface area contributed by atoms with Crippen molar-refractivity contribution >= 4 is 5.91 Å². The Morgan fingerprint density at radius 1 is 1.47 bits per heavy atom. The van der Waals surface area contributed by atoms with Crippen LogP contribution in [0.3, 0.4) is 0 Å². The van der Waals surface area contributed by atoms with Crippen LogP contribution in [-0.2, 0) is 9.53 Å². The number of amides is 1. The molecule has 2 rings (SSSR count). The van der Waals surface area contributed by atoms with Gasteiger partial charge < -0.3 is 10.1 Å². The van der Waals surface area contributed by atoms with Gasteiger partial charge in [-0.15, -0.1) is 0 Å². The Morgan fingerprint density at radius 2 is 2.20 bits per heavy atom. The number of rotatable bonds is 7. The molecule has 0 unspecified atom stereocenters. The molecule has 1 N–H and O–H groups in total. The van der Waals surface area contributed by atoms with Gasteiger partial charge in [-0.05, 0) is 37.5 Å². The quantitative estimate of drug-likeness (QED) is 0.649. The number of ether oxygens (including phenoxy) is 1. The first-order chi connectivity index (χ1) is 7.27. The fraction of sp³-hybridized carbons (Fsp3) is 0.917. The van der Waals surface area contributed by atoms with E-state index in [4.69, 9.17) is 4.74 Å². The molecule has 0 aromatic carbocycles. The minimum atomic E-state index is 0.240. The zero-order valence-corrected chi connectivity index (χ0v) is 9.50. The van der Waals surface area contributed by atoms with Crippen LogP contribution >= 0.6 is 0 Å². The van der Waals surface area contributed by atoms with Gasteiger partial charge in [0, 0.05) is 25.7 Å². The molecule has 0 bridgehead atoms. The maximum Gasteiger partial charge on any atom is 0.223 e. The van der Waals surface area contributed by atoms with Crippen molar-refractivity contribution in [1.82, 2.24) is 5.32 Å². The lowest BCUT2D eigenvalue weighted by molar-refractivity contribution is -0.122. The summed E-state index contributed by atoms with van der Waals surface area (Å²) in [5.41, 5.74) is 0. The highest BCUT2D eigenvalue weighted by molar-refractivity contribution is 5.81. The maximum absolute atomic E-state index is 11.4. The van der Waals surface area contributed by atoms with E-state index in [9.17, 15) is 4.79 Å². The predicted molar refractivity (Wildman–Crippen MR) is 58.4 cm³/mol. The van der Waals surface area contributed by atoms with E-state index in [1.165, 1.54) is 12.8 Å². The van der Waals surface area contributed by atoms with Crippen LogP contribution in [0, 0.1) is 17.8 Å². The third-order valence-corrected chi connectivity index (χ3v) is 3.26. The Bertz CT molecular complexity index is 226. The second kappa shape index (κ2) is 4.97. The van der Waals surface area contributed by atoms with Crippen LogP contribution in [0.25, 0.3) is 0 Å². The van der Waals surface area contributed by atoms with Crippen LogP contribution in [0.2, 0.25) is 0 Å². The molecule has 2 saturated carbocycles. The van der Waals surface area contributed by atoms with Gasteiger partial charge >= 0.3 is 0 Å². The Kier molecular flexibility index (Phi) is 3.62. The average molecular weight is 211 g/mol. The summed E-state index contributed by atoms with van der Waals surface area (Å²) in [7, 11) is 0. The first kappa shape index (κ1) is 10.9. The largest absolute Gasteiger partial charge is 0.381 e. The first-order valence-corrected chi connectivity index (χ1v) is 6.13. The predicted octanol–water partition coefficient (Wildman–Crippen LogP) is 1.58. The fourth-order valence-electron chi connectivity index (χ4n) is 1.74. The van der Waals surface area contributed by atoms with Crippen LogP contribution in [-0.4, -0.2) is 25.7 Å². The lowest BCUT2D eigenvalue weighted by Gasteiger charge is -2.05. The molecule has 1 amide bonds. The number of hydrogen-bond donors (Lipinski definition) is 1. The molecule has 3 heteroatoms. The van der Waals surface area contributed by atoms with Gasteiger partial charge in [0.25, 0.3) is 0 Å². The highest BCUT2D eigenvalue weighted by atomic mass is 16.5. The van der Waals surface area contributed by atoms with E-state index in [0.29, 0.717) is 11.8 Å². The molecular weight excluding hydrogens is 190 g/mol. The lowest BCUT2D eigenvalue weighted by atomic mass is 10.3. The average Bonchev–Trinajstić information content (AvgIpc) is 3.07. The SMILES string of the molecule is C[C@@H]1C[C@@H]1C(=O)NCCCOCC1CC1. The van der Waals surface area contributed by atoms with Gasteiger partial charge in [0.2, 0.25) is 5.91 Å². The molecule has 2 aliphatic rings. The molecule has 86 valence electrons. The summed E-state index contributed by atoms with van der Waals surface area (Å²) < 4.78 is 5.49. The highest BCUT2D eigenvalue weighted by Crippen LogP contribution is 2.37. The van der Waals surface area contributed by atoms with Crippen molar-refractivity contribution in [3.05, 3.63) is 0 Å². The van der Waals surface area contributed by atoms with Gasteiger partial charge in [0.1, 0.15) is 0 Å². The van der Waals surface area contributed by atoms with Crippen LogP contribution in [0.4, 0.5) is 0 Å². The third kappa shape index (κ3) is 3.82. The topological polar surface area (TPSA) is 38.3 Å². The number of carbonyl (C=O) groups is 1. The summed E-state index contributed by atoms with van der Waals surface area (Å²) in [6.45, 7) is 4.61. The second-order valence-electron chi connectivity index (χ2n) is 4.98.